The summed E-state index contributed by atoms with van der Waals surface area (Å²) in [4.78, 5) is 12.2. The van der Waals surface area contributed by atoms with Gasteiger partial charge >= 0.3 is 0 Å². The normalized spacial score (nSPS) is 11.9. The van der Waals surface area contributed by atoms with E-state index in [4.69, 9.17) is 9.47 Å². The summed E-state index contributed by atoms with van der Waals surface area (Å²) in [5.74, 6) is 1.65. The Hall–Kier alpha value is -2.49. The van der Waals surface area contributed by atoms with Crippen LogP contribution in [0.15, 0.2) is 48.5 Å². The molecule has 0 saturated heterocycles. The van der Waals surface area contributed by atoms with Crippen molar-refractivity contribution in [1.82, 2.24) is 0 Å². The summed E-state index contributed by atoms with van der Waals surface area (Å²) in [6.07, 6.45) is -0.592. The smallest absolute Gasteiger partial charge is 0.265 e. The molecule has 2 aromatic rings. The Kier molecular flexibility index (Phi) is 5.63. The summed E-state index contributed by atoms with van der Waals surface area (Å²) >= 11 is 0. The zero-order valence-corrected chi connectivity index (χ0v) is 14.0. The molecule has 4 heteroatoms. The molecule has 0 bridgehead atoms. The molecular weight excluding hydrogens is 290 g/mol. The van der Waals surface area contributed by atoms with Crippen molar-refractivity contribution in [2.24, 2.45) is 0 Å². The maximum Gasteiger partial charge on any atom is 0.265 e. The highest BCUT2D eigenvalue weighted by Crippen LogP contribution is 2.20. The van der Waals surface area contributed by atoms with Gasteiger partial charge in [-0.1, -0.05) is 32.0 Å². The number of carbonyl (C=O) groups excluding carboxylic acids is 1. The van der Waals surface area contributed by atoms with Gasteiger partial charge in [0.2, 0.25) is 0 Å². The average Bonchev–Trinajstić information content (AvgIpc) is 2.55. The Bertz CT molecular complexity index is 650. The molecule has 1 amide bonds. The molecule has 1 N–H and O–H groups in total. The average molecular weight is 313 g/mol. The second-order valence-corrected chi connectivity index (χ2v) is 5.71. The van der Waals surface area contributed by atoms with Gasteiger partial charge in [-0.05, 0) is 42.7 Å². The molecule has 0 unspecified atom stereocenters. The molecule has 4 nitrogen and oxygen atoms in total. The number of amides is 1. The number of hydrogen-bond donors (Lipinski definition) is 1. The van der Waals surface area contributed by atoms with Gasteiger partial charge in [-0.15, -0.1) is 0 Å². The fourth-order valence-electron chi connectivity index (χ4n) is 2.13. The predicted octanol–water partition coefficient (Wildman–Crippen LogP) is 4.22. The third-order valence-electron chi connectivity index (χ3n) is 3.57. The van der Waals surface area contributed by atoms with E-state index in [1.807, 2.05) is 42.5 Å². The van der Waals surface area contributed by atoms with E-state index in [1.54, 1.807) is 20.1 Å². The first kappa shape index (κ1) is 16.9. The highest BCUT2D eigenvalue weighted by atomic mass is 16.5. The third kappa shape index (κ3) is 4.74. The standard InChI is InChI=1S/C19H23NO3/c1-13(2)15-8-10-17(11-9-15)23-14(3)19(21)20-16-6-5-7-18(12-16)22-4/h5-14H,1-4H3,(H,20,21)/t14-/m0/s1. The van der Waals surface area contributed by atoms with Crippen LogP contribution in [-0.2, 0) is 4.79 Å². The minimum atomic E-state index is -0.592. The number of ether oxygens (including phenoxy) is 2. The van der Waals surface area contributed by atoms with Gasteiger partial charge in [0.15, 0.2) is 6.10 Å². The van der Waals surface area contributed by atoms with Gasteiger partial charge in [0.1, 0.15) is 11.5 Å². The summed E-state index contributed by atoms with van der Waals surface area (Å²) in [6.45, 7) is 6.01. The van der Waals surface area contributed by atoms with E-state index < -0.39 is 6.10 Å². The highest BCUT2D eigenvalue weighted by molar-refractivity contribution is 5.94. The van der Waals surface area contributed by atoms with E-state index in [9.17, 15) is 4.79 Å². The maximum atomic E-state index is 12.2. The minimum absolute atomic E-state index is 0.203. The quantitative estimate of drug-likeness (QED) is 0.868. The van der Waals surface area contributed by atoms with Crippen molar-refractivity contribution < 1.29 is 14.3 Å². The lowest BCUT2D eigenvalue weighted by atomic mass is 10.0. The Morgan fingerprint density at radius 2 is 1.70 bits per heavy atom. The molecule has 0 spiro atoms. The van der Waals surface area contributed by atoms with Gasteiger partial charge in [-0.2, -0.15) is 0 Å². The van der Waals surface area contributed by atoms with E-state index in [0.717, 1.165) is 0 Å². The maximum absolute atomic E-state index is 12.2. The Balaban J connectivity index is 1.96. The molecule has 0 radical (unpaired) electrons. The van der Waals surface area contributed by atoms with E-state index in [1.165, 1.54) is 5.56 Å². The molecule has 0 aliphatic carbocycles. The summed E-state index contributed by atoms with van der Waals surface area (Å²) in [6, 6.07) is 15.1. The number of anilines is 1. The summed E-state index contributed by atoms with van der Waals surface area (Å²) < 4.78 is 10.8. The van der Waals surface area contributed by atoms with Crippen LogP contribution in [0.4, 0.5) is 5.69 Å². The van der Waals surface area contributed by atoms with Crippen LogP contribution in [0, 0.1) is 0 Å². The molecule has 0 saturated carbocycles. The molecule has 0 aromatic heterocycles. The van der Waals surface area contributed by atoms with Gasteiger partial charge in [-0.25, -0.2) is 0 Å². The number of hydrogen-bond acceptors (Lipinski definition) is 3. The molecule has 2 rings (SSSR count). The third-order valence-corrected chi connectivity index (χ3v) is 3.57. The van der Waals surface area contributed by atoms with Crippen LogP contribution in [0.3, 0.4) is 0 Å². The van der Waals surface area contributed by atoms with Crippen molar-refractivity contribution in [2.75, 3.05) is 12.4 Å². The lowest BCUT2D eigenvalue weighted by molar-refractivity contribution is -0.122. The molecular formula is C19H23NO3. The molecule has 122 valence electrons. The van der Waals surface area contributed by atoms with Crippen LogP contribution < -0.4 is 14.8 Å². The van der Waals surface area contributed by atoms with Gasteiger partial charge in [-0.3, -0.25) is 4.79 Å². The predicted molar refractivity (Wildman–Crippen MR) is 92.2 cm³/mol. The van der Waals surface area contributed by atoms with Crippen LogP contribution in [0.2, 0.25) is 0 Å². The minimum Gasteiger partial charge on any atom is -0.497 e. The molecule has 23 heavy (non-hydrogen) atoms. The van der Waals surface area contributed by atoms with Gasteiger partial charge in [0, 0.05) is 11.8 Å². The Labute approximate surface area is 137 Å². The van der Waals surface area contributed by atoms with Crippen molar-refractivity contribution in [3.63, 3.8) is 0 Å². The van der Waals surface area contributed by atoms with E-state index in [-0.39, 0.29) is 5.91 Å². The number of rotatable bonds is 6. The first-order valence-electron chi connectivity index (χ1n) is 7.71. The number of carbonyl (C=O) groups is 1. The van der Waals surface area contributed by atoms with E-state index >= 15 is 0 Å². The van der Waals surface area contributed by atoms with Crippen molar-refractivity contribution in [3.8, 4) is 11.5 Å². The Morgan fingerprint density at radius 3 is 2.30 bits per heavy atom. The number of benzene rings is 2. The highest BCUT2D eigenvalue weighted by Gasteiger charge is 2.15. The molecule has 0 aliphatic rings. The fraction of sp³-hybridized carbons (Fsp3) is 0.316. The van der Waals surface area contributed by atoms with Crippen LogP contribution in [0.5, 0.6) is 11.5 Å². The second-order valence-electron chi connectivity index (χ2n) is 5.71. The van der Waals surface area contributed by atoms with Gasteiger partial charge in [0.05, 0.1) is 7.11 Å². The second kappa shape index (κ2) is 7.68. The van der Waals surface area contributed by atoms with Crippen LogP contribution in [0.25, 0.3) is 0 Å². The Morgan fingerprint density at radius 1 is 1.00 bits per heavy atom. The van der Waals surface area contributed by atoms with Gasteiger partial charge < -0.3 is 14.8 Å². The van der Waals surface area contributed by atoms with Crippen LogP contribution >= 0.6 is 0 Å². The molecule has 0 heterocycles. The summed E-state index contributed by atoms with van der Waals surface area (Å²) in [7, 11) is 1.59. The van der Waals surface area contributed by atoms with Crippen molar-refractivity contribution in [3.05, 3.63) is 54.1 Å². The number of methoxy groups -OCH3 is 1. The van der Waals surface area contributed by atoms with Crippen LogP contribution in [-0.4, -0.2) is 19.1 Å². The number of nitrogens with one attached hydrogen (secondary N) is 1. The zero-order valence-electron chi connectivity index (χ0n) is 14.0. The topological polar surface area (TPSA) is 47.6 Å². The van der Waals surface area contributed by atoms with Crippen LogP contribution in [0.1, 0.15) is 32.3 Å². The summed E-state index contributed by atoms with van der Waals surface area (Å²) in [5.41, 5.74) is 1.92. The summed E-state index contributed by atoms with van der Waals surface area (Å²) in [5, 5.41) is 2.82. The largest absolute Gasteiger partial charge is 0.497 e. The molecule has 0 aliphatic heterocycles. The monoisotopic (exact) mass is 313 g/mol. The lowest BCUT2D eigenvalue weighted by Gasteiger charge is -2.15. The first-order chi connectivity index (χ1) is 11.0. The molecule has 0 fully saturated rings. The van der Waals surface area contributed by atoms with E-state index in [2.05, 4.69) is 19.2 Å². The molecule has 2 aromatic carbocycles. The first-order valence-corrected chi connectivity index (χ1v) is 7.71. The van der Waals surface area contributed by atoms with Crippen molar-refractivity contribution >= 4 is 11.6 Å². The zero-order chi connectivity index (χ0) is 16.8. The SMILES string of the molecule is COc1cccc(NC(=O)[C@H](C)Oc2ccc(C(C)C)cc2)c1. The van der Waals surface area contributed by atoms with Gasteiger partial charge in [0.25, 0.3) is 5.91 Å². The fourth-order valence-corrected chi connectivity index (χ4v) is 2.13. The lowest BCUT2D eigenvalue weighted by Crippen LogP contribution is -2.30. The molecule has 1 atom stereocenters. The van der Waals surface area contributed by atoms with E-state index in [0.29, 0.717) is 23.1 Å². The van der Waals surface area contributed by atoms with Crippen molar-refractivity contribution in [2.45, 2.75) is 32.8 Å². The van der Waals surface area contributed by atoms with Crippen molar-refractivity contribution in [1.29, 1.82) is 0 Å².